The Morgan fingerprint density at radius 3 is 2.50 bits per heavy atom. The van der Waals surface area contributed by atoms with Crippen molar-refractivity contribution < 1.29 is 10.2 Å². The van der Waals surface area contributed by atoms with E-state index in [1.807, 2.05) is 6.92 Å². The van der Waals surface area contributed by atoms with Crippen molar-refractivity contribution in [2.24, 2.45) is 0 Å². The highest BCUT2D eigenvalue weighted by atomic mass is 16.3. The highest BCUT2D eigenvalue weighted by Crippen LogP contribution is 2.31. The van der Waals surface area contributed by atoms with Gasteiger partial charge in [0.25, 0.3) is 0 Å². The summed E-state index contributed by atoms with van der Waals surface area (Å²) in [4.78, 5) is 2.96. The van der Waals surface area contributed by atoms with E-state index >= 15 is 0 Å². The van der Waals surface area contributed by atoms with Gasteiger partial charge in [-0.25, -0.2) is 0 Å². The topological polar surface area (TPSA) is 56.2 Å². The van der Waals surface area contributed by atoms with Gasteiger partial charge >= 0.3 is 0 Å². The first kappa shape index (κ1) is 7.03. The summed E-state index contributed by atoms with van der Waals surface area (Å²) in [5.41, 5.74) is 1.51. The van der Waals surface area contributed by atoms with Gasteiger partial charge in [-0.3, -0.25) is 0 Å². The van der Waals surface area contributed by atoms with Crippen molar-refractivity contribution in [1.29, 1.82) is 0 Å². The van der Waals surface area contributed by atoms with Crippen molar-refractivity contribution in [2.45, 2.75) is 6.92 Å². The molecule has 3 N–H and O–H groups in total. The minimum absolute atomic E-state index is 0.163. The number of rotatable bonds is 0. The van der Waals surface area contributed by atoms with Gasteiger partial charge in [-0.05, 0) is 25.1 Å². The molecule has 0 saturated carbocycles. The van der Waals surface area contributed by atoms with Crippen LogP contribution in [0.15, 0.2) is 18.2 Å². The van der Waals surface area contributed by atoms with Crippen LogP contribution in [0.5, 0.6) is 11.5 Å². The summed E-state index contributed by atoms with van der Waals surface area (Å²) in [5, 5.41) is 19.4. The smallest absolute Gasteiger partial charge is 0.139 e. The molecule has 3 heteroatoms. The average molecular weight is 163 g/mol. The largest absolute Gasteiger partial charge is 0.507 e. The molecule has 0 aliphatic rings. The van der Waals surface area contributed by atoms with E-state index < -0.39 is 0 Å². The maximum atomic E-state index is 9.38. The molecule has 3 nitrogen and oxygen atoms in total. The monoisotopic (exact) mass is 163 g/mol. The molecule has 2 aromatic rings. The van der Waals surface area contributed by atoms with Crippen molar-refractivity contribution in [1.82, 2.24) is 4.98 Å². The molecule has 0 saturated heterocycles. The van der Waals surface area contributed by atoms with Crippen LogP contribution in [0.1, 0.15) is 5.69 Å². The lowest BCUT2D eigenvalue weighted by Crippen LogP contribution is -1.71. The lowest BCUT2D eigenvalue weighted by Gasteiger charge is -1.96. The van der Waals surface area contributed by atoms with Gasteiger partial charge in [0.15, 0.2) is 0 Å². The summed E-state index contributed by atoms with van der Waals surface area (Å²) >= 11 is 0. The Morgan fingerprint density at radius 2 is 1.83 bits per heavy atom. The van der Waals surface area contributed by atoms with Crippen LogP contribution in [0.25, 0.3) is 10.9 Å². The van der Waals surface area contributed by atoms with Gasteiger partial charge in [0, 0.05) is 11.1 Å². The first-order valence-electron chi connectivity index (χ1n) is 3.69. The number of phenolic OH excluding ortho intramolecular Hbond substituents is 2. The number of hydrogen-bond acceptors (Lipinski definition) is 2. The third-order valence-electron chi connectivity index (χ3n) is 1.88. The van der Waals surface area contributed by atoms with Gasteiger partial charge < -0.3 is 15.2 Å². The summed E-state index contributed by atoms with van der Waals surface area (Å²) in [6.07, 6.45) is 0. The second kappa shape index (κ2) is 2.17. The number of nitrogens with one attached hydrogen (secondary N) is 1. The molecule has 0 atom stereocenters. The number of hydrogen-bond donors (Lipinski definition) is 3. The lowest BCUT2D eigenvalue weighted by atomic mass is 10.2. The van der Waals surface area contributed by atoms with Gasteiger partial charge in [0.2, 0.25) is 0 Å². The molecule has 0 fully saturated rings. The SMILES string of the molecule is Cc1cc2c(O)ccc(O)c2[nH]1. The van der Waals surface area contributed by atoms with Crippen LogP contribution in [0.4, 0.5) is 0 Å². The summed E-state index contributed by atoms with van der Waals surface area (Å²) in [6, 6.07) is 4.74. The van der Waals surface area contributed by atoms with Crippen LogP contribution in [-0.4, -0.2) is 15.2 Å². The van der Waals surface area contributed by atoms with Crippen LogP contribution in [0.3, 0.4) is 0 Å². The summed E-state index contributed by atoms with van der Waals surface area (Å²) in [7, 11) is 0. The van der Waals surface area contributed by atoms with Gasteiger partial charge in [0.1, 0.15) is 11.5 Å². The number of aryl methyl sites for hydroxylation is 1. The quantitative estimate of drug-likeness (QED) is 0.519. The predicted octanol–water partition coefficient (Wildman–Crippen LogP) is 1.89. The van der Waals surface area contributed by atoms with E-state index in [-0.39, 0.29) is 11.5 Å². The van der Waals surface area contributed by atoms with E-state index in [0.29, 0.717) is 10.9 Å². The van der Waals surface area contributed by atoms with E-state index in [1.54, 1.807) is 6.07 Å². The zero-order chi connectivity index (χ0) is 8.72. The summed E-state index contributed by atoms with van der Waals surface area (Å²) in [6.45, 7) is 1.87. The molecule has 0 aliphatic carbocycles. The molecule has 12 heavy (non-hydrogen) atoms. The average Bonchev–Trinajstić information content (AvgIpc) is 2.41. The maximum Gasteiger partial charge on any atom is 0.139 e. The van der Waals surface area contributed by atoms with Crippen LogP contribution in [0, 0.1) is 6.92 Å². The van der Waals surface area contributed by atoms with E-state index in [1.165, 1.54) is 12.1 Å². The molecule has 0 amide bonds. The van der Waals surface area contributed by atoms with Gasteiger partial charge in [-0.2, -0.15) is 0 Å². The molecular weight excluding hydrogens is 154 g/mol. The first-order valence-corrected chi connectivity index (χ1v) is 3.69. The molecule has 62 valence electrons. The van der Waals surface area contributed by atoms with Crippen LogP contribution >= 0.6 is 0 Å². The molecule has 0 radical (unpaired) electrons. The van der Waals surface area contributed by atoms with Crippen LogP contribution < -0.4 is 0 Å². The minimum atomic E-state index is 0.163. The Kier molecular flexibility index (Phi) is 1.27. The standard InChI is InChI=1S/C9H9NO2/c1-5-4-6-7(11)2-3-8(12)9(6)10-5/h2-4,10-12H,1H3. The number of aromatic hydroxyl groups is 2. The Morgan fingerprint density at radius 1 is 1.17 bits per heavy atom. The molecule has 0 unspecified atom stereocenters. The van der Waals surface area contributed by atoms with Crippen molar-refractivity contribution in [3.8, 4) is 11.5 Å². The highest BCUT2D eigenvalue weighted by Gasteiger charge is 2.05. The number of phenols is 2. The van der Waals surface area contributed by atoms with Gasteiger partial charge in [0.05, 0.1) is 5.52 Å². The highest BCUT2D eigenvalue weighted by molar-refractivity contribution is 5.90. The summed E-state index contributed by atoms with van der Waals surface area (Å²) < 4.78 is 0. The minimum Gasteiger partial charge on any atom is -0.507 e. The Balaban J connectivity index is 2.93. The third-order valence-corrected chi connectivity index (χ3v) is 1.88. The fourth-order valence-corrected chi connectivity index (χ4v) is 1.32. The molecule has 0 bridgehead atoms. The number of H-pyrrole nitrogens is 1. The molecule has 1 heterocycles. The van der Waals surface area contributed by atoms with Crippen molar-refractivity contribution >= 4 is 10.9 Å². The Labute approximate surface area is 69.3 Å². The molecule has 0 aliphatic heterocycles. The fraction of sp³-hybridized carbons (Fsp3) is 0.111. The summed E-state index contributed by atoms with van der Waals surface area (Å²) in [5.74, 6) is 0.350. The van der Waals surface area contributed by atoms with Crippen molar-refractivity contribution in [3.63, 3.8) is 0 Å². The molecular formula is C9H9NO2. The molecule has 0 spiro atoms. The van der Waals surface area contributed by atoms with Crippen LogP contribution in [-0.2, 0) is 0 Å². The van der Waals surface area contributed by atoms with E-state index in [0.717, 1.165) is 5.69 Å². The molecule has 1 aromatic carbocycles. The predicted molar refractivity (Wildman–Crippen MR) is 46.4 cm³/mol. The number of aromatic amines is 1. The number of fused-ring (bicyclic) bond motifs is 1. The zero-order valence-electron chi connectivity index (χ0n) is 6.63. The fourth-order valence-electron chi connectivity index (χ4n) is 1.32. The van der Waals surface area contributed by atoms with E-state index in [2.05, 4.69) is 4.98 Å². The maximum absolute atomic E-state index is 9.38. The second-order valence-electron chi connectivity index (χ2n) is 2.84. The van der Waals surface area contributed by atoms with E-state index in [4.69, 9.17) is 0 Å². The van der Waals surface area contributed by atoms with Crippen LogP contribution in [0.2, 0.25) is 0 Å². The normalized spacial score (nSPS) is 10.8. The number of aromatic nitrogens is 1. The second-order valence-corrected chi connectivity index (χ2v) is 2.84. The number of benzene rings is 1. The lowest BCUT2D eigenvalue weighted by molar-refractivity contribution is 0.469. The molecule has 2 rings (SSSR count). The Bertz CT molecular complexity index is 392. The molecule has 1 aromatic heterocycles. The zero-order valence-corrected chi connectivity index (χ0v) is 6.63. The van der Waals surface area contributed by atoms with Crippen molar-refractivity contribution in [3.05, 3.63) is 23.9 Å². The first-order chi connectivity index (χ1) is 5.68. The van der Waals surface area contributed by atoms with Gasteiger partial charge in [-0.15, -0.1) is 0 Å². The van der Waals surface area contributed by atoms with Gasteiger partial charge in [-0.1, -0.05) is 0 Å². The van der Waals surface area contributed by atoms with E-state index in [9.17, 15) is 10.2 Å². The van der Waals surface area contributed by atoms with Crippen molar-refractivity contribution in [2.75, 3.05) is 0 Å². The Hall–Kier alpha value is -1.64. The third kappa shape index (κ3) is 0.830.